The molecule has 1 aromatic carbocycles. The average Bonchev–Trinajstić information content (AvgIpc) is 3.60. The first-order chi connectivity index (χ1) is 17.9. The quantitative estimate of drug-likeness (QED) is 0.395. The number of aryl methyl sites for hydroxylation is 1. The molecule has 2 aliphatic rings. The lowest BCUT2D eigenvalue weighted by Gasteiger charge is -2.27. The summed E-state index contributed by atoms with van der Waals surface area (Å²) in [5.41, 5.74) is 3.86. The number of benzene rings is 1. The molecule has 5 heterocycles. The molecule has 2 saturated heterocycles. The second kappa shape index (κ2) is 8.84. The number of anilines is 3. The van der Waals surface area contributed by atoms with Gasteiger partial charge >= 0.3 is 6.09 Å². The van der Waals surface area contributed by atoms with Crippen LogP contribution in [0.2, 0.25) is 0 Å². The Kier molecular flexibility index (Phi) is 5.47. The number of amides is 1. The molecule has 6 rings (SSSR count). The van der Waals surface area contributed by atoms with E-state index in [9.17, 15) is 14.7 Å². The van der Waals surface area contributed by atoms with Crippen LogP contribution in [0.15, 0.2) is 48.8 Å². The Morgan fingerprint density at radius 3 is 2.62 bits per heavy atom. The third-order valence-corrected chi connectivity index (χ3v) is 7.20. The van der Waals surface area contributed by atoms with Crippen molar-refractivity contribution in [3.05, 3.63) is 60.0 Å². The summed E-state index contributed by atoms with van der Waals surface area (Å²) in [5.74, 6) is 1.82. The van der Waals surface area contributed by atoms with Crippen LogP contribution in [-0.2, 0) is 0 Å². The molecule has 188 valence electrons. The number of ketones is 1. The third kappa shape index (κ3) is 4.02. The maximum atomic E-state index is 12.5. The standard InChI is InChI=1S/C26H26N8O3/c1-15-3-7-23(31-30-15)28-17-4-6-20-19(13-17)27-14-34(20)24-8-5-18(16(2)35)25(29-24)32-11-9-22-21(32)10-12-33(22)26(36)37/h3-8,13-14,21-22H,9-12H2,1-2H3,(H,28,31)(H,36,37). The van der Waals surface area contributed by atoms with Crippen LogP contribution in [-0.4, -0.2) is 71.8 Å². The molecule has 11 heteroatoms. The zero-order valence-corrected chi connectivity index (χ0v) is 20.5. The van der Waals surface area contributed by atoms with Crippen molar-refractivity contribution < 1.29 is 14.7 Å². The smallest absolute Gasteiger partial charge is 0.407 e. The molecule has 2 aliphatic heterocycles. The van der Waals surface area contributed by atoms with E-state index in [1.54, 1.807) is 12.4 Å². The van der Waals surface area contributed by atoms with E-state index in [0.29, 0.717) is 36.1 Å². The van der Waals surface area contributed by atoms with E-state index < -0.39 is 6.09 Å². The minimum absolute atomic E-state index is 0.00925. The summed E-state index contributed by atoms with van der Waals surface area (Å²) in [4.78, 5) is 37.3. The van der Waals surface area contributed by atoms with Gasteiger partial charge in [0.15, 0.2) is 11.6 Å². The predicted octanol–water partition coefficient (Wildman–Crippen LogP) is 3.80. The largest absolute Gasteiger partial charge is 0.465 e. The maximum absolute atomic E-state index is 12.5. The van der Waals surface area contributed by atoms with Crippen molar-refractivity contribution >= 4 is 40.2 Å². The second-order valence-corrected chi connectivity index (χ2v) is 9.48. The molecule has 0 saturated carbocycles. The number of carboxylic acid groups (broad SMARTS) is 1. The van der Waals surface area contributed by atoms with Crippen molar-refractivity contribution in [2.75, 3.05) is 23.3 Å². The van der Waals surface area contributed by atoms with Crippen molar-refractivity contribution in [2.24, 2.45) is 0 Å². The predicted molar refractivity (Wildman–Crippen MR) is 138 cm³/mol. The van der Waals surface area contributed by atoms with Crippen LogP contribution in [0.4, 0.5) is 22.1 Å². The molecular formula is C26H26N8O3. The maximum Gasteiger partial charge on any atom is 0.407 e. The van der Waals surface area contributed by atoms with Crippen molar-refractivity contribution in [1.82, 2.24) is 29.6 Å². The average molecular weight is 499 g/mol. The summed E-state index contributed by atoms with van der Waals surface area (Å²) in [5, 5.41) is 21.0. The van der Waals surface area contributed by atoms with Gasteiger partial charge in [0.1, 0.15) is 18.0 Å². The molecule has 2 fully saturated rings. The molecule has 0 aliphatic carbocycles. The van der Waals surface area contributed by atoms with Crippen LogP contribution >= 0.6 is 0 Å². The number of carbonyl (C=O) groups is 2. The molecule has 37 heavy (non-hydrogen) atoms. The van der Waals surface area contributed by atoms with Gasteiger partial charge < -0.3 is 20.2 Å². The number of hydrogen-bond acceptors (Lipinski definition) is 8. The minimum atomic E-state index is -0.893. The fraction of sp³-hybridized carbons (Fsp3) is 0.308. The molecular weight excluding hydrogens is 472 g/mol. The van der Waals surface area contributed by atoms with Crippen LogP contribution < -0.4 is 10.2 Å². The topological polar surface area (TPSA) is 129 Å². The molecule has 2 N–H and O–H groups in total. The second-order valence-electron chi connectivity index (χ2n) is 9.48. The molecule has 1 amide bonds. The summed E-state index contributed by atoms with van der Waals surface area (Å²) in [6.07, 6.45) is 2.26. The van der Waals surface area contributed by atoms with Gasteiger partial charge in [0.25, 0.3) is 0 Å². The SMILES string of the molecule is CC(=O)c1ccc(-n2cnc3cc(Nc4ccc(C)nn4)ccc32)nc1N1CCC2C1CCN2C(=O)O. The van der Waals surface area contributed by atoms with Gasteiger partial charge in [-0.3, -0.25) is 9.36 Å². The van der Waals surface area contributed by atoms with Crippen molar-refractivity contribution in [2.45, 2.75) is 38.8 Å². The molecule has 2 unspecified atom stereocenters. The molecule has 0 spiro atoms. The van der Waals surface area contributed by atoms with Gasteiger partial charge in [-0.15, -0.1) is 5.10 Å². The van der Waals surface area contributed by atoms with Gasteiger partial charge in [-0.2, -0.15) is 5.10 Å². The van der Waals surface area contributed by atoms with Crippen molar-refractivity contribution in [3.63, 3.8) is 0 Å². The lowest BCUT2D eigenvalue weighted by molar-refractivity contribution is 0.101. The Balaban J connectivity index is 1.33. The number of fused-ring (bicyclic) bond motifs is 2. The van der Waals surface area contributed by atoms with E-state index in [1.807, 2.05) is 47.9 Å². The number of carbonyl (C=O) groups excluding carboxylic acids is 1. The molecule has 4 aromatic rings. The fourth-order valence-electron chi connectivity index (χ4n) is 5.44. The highest BCUT2D eigenvalue weighted by molar-refractivity contribution is 5.99. The first-order valence-corrected chi connectivity index (χ1v) is 12.2. The van der Waals surface area contributed by atoms with E-state index in [1.165, 1.54) is 11.8 Å². The highest BCUT2D eigenvalue weighted by Gasteiger charge is 2.45. The van der Waals surface area contributed by atoms with Crippen LogP contribution in [0.1, 0.15) is 35.8 Å². The molecule has 3 aromatic heterocycles. The Labute approximate surface area is 212 Å². The summed E-state index contributed by atoms with van der Waals surface area (Å²) in [6, 6.07) is 13.1. The zero-order chi connectivity index (χ0) is 25.7. The Hall–Kier alpha value is -4.54. The number of rotatable bonds is 5. The van der Waals surface area contributed by atoms with Crippen LogP contribution in [0.3, 0.4) is 0 Å². The number of aromatic nitrogens is 5. The normalized spacial score (nSPS) is 18.9. The highest BCUT2D eigenvalue weighted by atomic mass is 16.4. The molecule has 11 nitrogen and oxygen atoms in total. The first-order valence-electron chi connectivity index (χ1n) is 12.2. The number of imidazole rings is 1. The number of hydrogen-bond donors (Lipinski definition) is 2. The zero-order valence-electron chi connectivity index (χ0n) is 20.5. The van der Waals surface area contributed by atoms with Crippen molar-refractivity contribution in [3.8, 4) is 5.82 Å². The third-order valence-electron chi connectivity index (χ3n) is 7.20. The molecule has 2 atom stereocenters. The van der Waals surface area contributed by atoms with Crippen molar-refractivity contribution in [1.29, 1.82) is 0 Å². The summed E-state index contributed by atoms with van der Waals surface area (Å²) >= 11 is 0. The number of likely N-dealkylation sites (tertiary alicyclic amines) is 1. The fourth-order valence-corrected chi connectivity index (χ4v) is 5.44. The molecule has 0 radical (unpaired) electrons. The van der Waals surface area contributed by atoms with Gasteiger partial charge in [0.05, 0.1) is 34.4 Å². The Morgan fingerprint density at radius 1 is 1.03 bits per heavy atom. The van der Waals surface area contributed by atoms with E-state index in [2.05, 4.69) is 25.4 Å². The highest BCUT2D eigenvalue weighted by Crippen LogP contribution is 2.36. The van der Waals surface area contributed by atoms with Gasteiger partial charge in [-0.1, -0.05) is 0 Å². The number of pyridine rings is 1. The minimum Gasteiger partial charge on any atom is -0.465 e. The van der Waals surface area contributed by atoms with Gasteiger partial charge in [0, 0.05) is 18.8 Å². The molecule has 0 bridgehead atoms. The monoisotopic (exact) mass is 498 g/mol. The Morgan fingerprint density at radius 2 is 1.86 bits per heavy atom. The Bertz CT molecular complexity index is 1520. The van der Waals surface area contributed by atoms with E-state index in [-0.39, 0.29) is 17.9 Å². The van der Waals surface area contributed by atoms with Crippen LogP contribution in [0, 0.1) is 6.92 Å². The van der Waals surface area contributed by atoms with E-state index >= 15 is 0 Å². The lowest BCUT2D eigenvalue weighted by atomic mass is 10.1. The summed E-state index contributed by atoms with van der Waals surface area (Å²) in [6.45, 7) is 4.56. The van der Waals surface area contributed by atoms with Gasteiger partial charge in [0.2, 0.25) is 0 Å². The van der Waals surface area contributed by atoms with Gasteiger partial charge in [-0.25, -0.2) is 14.8 Å². The number of nitrogens with one attached hydrogen (secondary N) is 1. The first kappa shape index (κ1) is 22.9. The summed E-state index contributed by atoms with van der Waals surface area (Å²) in [7, 11) is 0. The van der Waals surface area contributed by atoms with Crippen LogP contribution in [0.5, 0.6) is 0 Å². The number of nitrogens with zero attached hydrogens (tertiary/aromatic N) is 7. The van der Waals surface area contributed by atoms with E-state index in [4.69, 9.17) is 4.98 Å². The van der Waals surface area contributed by atoms with Crippen LogP contribution in [0.25, 0.3) is 16.9 Å². The lowest BCUT2D eigenvalue weighted by Crippen LogP contribution is -2.39. The van der Waals surface area contributed by atoms with Gasteiger partial charge in [-0.05, 0) is 69.2 Å². The number of Topliss-reactive ketones (excluding diaryl/α,β-unsaturated/α-hetero) is 1. The van der Waals surface area contributed by atoms with E-state index in [0.717, 1.165) is 35.3 Å². The summed E-state index contributed by atoms with van der Waals surface area (Å²) < 4.78 is 1.89.